The van der Waals surface area contributed by atoms with Crippen molar-refractivity contribution in [2.45, 2.75) is 26.1 Å². The van der Waals surface area contributed by atoms with E-state index in [1.807, 2.05) is 36.4 Å². The van der Waals surface area contributed by atoms with E-state index in [1.165, 1.54) is 13.8 Å². The van der Waals surface area contributed by atoms with Gasteiger partial charge in [0.2, 0.25) is 0 Å². The highest BCUT2D eigenvalue weighted by atomic mass is 16.6. The predicted molar refractivity (Wildman–Crippen MR) is 73.0 cm³/mol. The van der Waals surface area contributed by atoms with E-state index in [2.05, 4.69) is 0 Å². The molecular formula is C16H14O4. The molecule has 0 saturated carbocycles. The molecule has 20 heavy (non-hydrogen) atoms. The number of hydrogen-bond donors (Lipinski definition) is 0. The van der Waals surface area contributed by atoms with E-state index >= 15 is 0 Å². The Balaban J connectivity index is 2.17. The summed E-state index contributed by atoms with van der Waals surface area (Å²) in [7, 11) is 0. The van der Waals surface area contributed by atoms with E-state index in [0.29, 0.717) is 0 Å². The predicted octanol–water partition coefficient (Wildman–Crippen LogP) is 3.06. The van der Waals surface area contributed by atoms with Crippen molar-refractivity contribution in [2.75, 3.05) is 0 Å². The molecule has 0 aliphatic heterocycles. The van der Waals surface area contributed by atoms with Crippen LogP contribution in [0.5, 0.6) is 0 Å². The van der Waals surface area contributed by atoms with Gasteiger partial charge in [-0.15, -0.1) is 0 Å². The molecule has 0 amide bonds. The number of rotatable bonds is 2. The zero-order valence-electron chi connectivity index (χ0n) is 11.3. The van der Waals surface area contributed by atoms with Gasteiger partial charge < -0.3 is 9.47 Å². The lowest BCUT2D eigenvalue weighted by Gasteiger charge is -2.21. The molecule has 1 aliphatic carbocycles. The van der Waals surface area contributed by atoms with Gasteiger partial charge in [-0.2, -0.15) is 0 Å². The SMILES string of the molecule is CC(=O)O[C@H]1c2cccc3cccc(c23)[C@@H]1OC(C)=O. The van der Waals surface area contributed by atoms with E-state index in [1.54, 1.807) is 0 Å². The number of ether oxygens (including phenoxy) is 2. The number of benzene rings is 2. The van der Waals surface area contributed by atoms with Crippen LogP contribution in [-0.4, -0.2) is 11.9 Å². The Labute approximate surface area is 116 Å². The highest BCUT2D eigenvalue weighted by molar-refractivity contribution is 5.92. The topological polar surface area (TPSA) is 52.6 Å². The van der Waals surface area contributed by atoms with Gasteiger partial charge >= 0.3 is 11.9 Å². The summed E-state index contributed by atoms with van der Waals surface area (Å²) in [5.74, 6) is -0.783. The quantitative estimate of drug-likeness (QED) is 0.787. The Morgan fingerprint density at radius 3 is 1.70 bits per heavy atom. The molecule has 4 heteroatoms. The van der Waals surface area contributed by atoms with Crippen molar-refractivity contribution in [1.82, 2.24) is 0 Å². The van der Waals surface area contributed by atoms with Crippen molar-refractivity contribution in [1.29, 1.82) is 0 Å². The molecule has 0 aromatic heterocycles. The molecule has 0 spiro atoms. The number of carbonyl (C=O) groups is 2. The first-order valence-electron chi connectivity index (χ1n) is 6.44. The largest absolute Gasteiger partial charge is 0.453 e. The van der Waals surface area contributed by atoms with Crippen LogP contribution in [0.25, 0.3) is 10.8 Å². The lowest BCUT2D eigenvalue weighted by molar-refractivity contribution is -0.165. The fourth-order valence-electron chi connectivity index (χ4n) is 2.81. The summed E-state index contributed by atoms with van der Waals surface area (Å²) in [4.78, 5) is 22.7. The number of hydrogen-bond acceptors (Lipinski definition) is 4. The van der Waals surface area contributed by atoms with Crippen LogP contribution in [0.15, 0.2) is 36.4 Å². The first kappa shape index (κ1) is 12.7. The summed E-state index contributed by atoms with van der Waals surface area (Å²) >= 11 is 0. The molecule has 2 atom stereocenters. The van der Waals surface area contributed by atoms with E-state index in [-0.39, 0.29) is 0 Å². The van der Waals surface area contributed by atoms with Crippen molar-refractivity contribution in [3.63, 3.8) is 0 Å². The average Bonchev–Trinajstić information content (AvgIpc) is 2.67. The maximum Gasteiger partial charge on any atom is 0.303 e. The Hall–Kier alpha value is -2.36. The molecule has 0 radical (unpaired) electrons. The lowest BCUT2D eigenvalue weighted by Crippen LogP contribution is -2.17. The van der Waals surface area contributed by atoms with Crippen LogP contribution in [0.3, 0.4) is 0 Å². The third-order valence-electron chi connectivity index (χ3n) is 3.44. The van der Waals surface area contributed by atoms with Gasteiger partial charge in [-0.3, -0.25) is 9.59 Å². The minimum Gasteiger partial charge on any atom is -0.453 e. The Kier molecular flexibility index (Phi) is 2.93. The fraction of sp³-hybridized carbons (Fsp3) is 0.250. The third-order valence-corrected chi connectivity index (χ3v) is 3.44. The molecule has 0 fully saturated rings. The first-order chi connectivity index (χ1) is 9.58. The summed E-state index contributed by atoms with van der Waals surface area (Å²) in [5.41, 5.74) is 1.78. The maximum absolute atomic E-state index is 11.3. The smallest absolute Gasteiger partial charge is 0.303 e. The normalized spacial score (nSPS) is 19.9. The summed E-state index contributed by atoms with van der Waals surface area (Å²) in [6.07, 6.45) is -1.14. The monoisotopic (exact) mass is 270 g/mol. The van der Waals surface area contributed by atoms with Crippen molar-refractivity contribution in [2.24, 2.45) is 0 Å². The van der Waals surface area contributed by atoms with Crippen LogP contribution in [-0.2, 0) is 19.1 Å². The second-order valence-corrected chi connectivity index (χ2v) is 4.85. The summed E-state index contributed by atoms with van der Waals surface area (Å²) in [5, 5.41) is 2.05. The highest BCUT2D eigenvalue weighted by Gasteiger charge is 2.38. The van der Waals surface area contributed by atoms with Crippen molar-refractivity contribution >= 4 is 22.7 Å². The van der Waals surface area contributed by atoms with Gasteiger partial charge in [0.1, 0.15) is 0 Å². The van der Waals surface area contributed by atoms with E-state index in [9.17, 15) is 9.59 Å². The van der Waals surface area contributed by atoms with Gasteiger partial charge in [-0.1, -0.05) is 36.4 Å². The van der Waals surface area contributed by atoms with Crippen LogP contribution < -0.4 is 0 Å². The number of esters is 2. The Bertz CT molecular complexity index is 648. The number of carbonyl (C=O) groups excluding carboxylic acids is 2. The van der Waals surface area contributed by atoms with Gasteiger partial charge in [0.25, 0.3) is 0 Å². The molecule has 0 heterocycles. The molecule has 0 N–H and O–H groups in total. The van der Waals surface area contributed by atoms with Crippen LogP contribution >= 0.6 is 0 Å². The second kappa shape index (κ2) is 4.63. The third kappa shape index (κ3) is 1.93. The van der Waals surface area contributed by atoms with Crippen LogP contribution in [0.1, 0.15) is 37.2 Å². The highest BCUT2D eigenvalue weighted by Crippen LogP contribution is 2.47. The molecule has 0 unspecified atom stereocenters. The molecule has 0 bridgehead atoms. The standard InChI is InChI=1S/C16H14O4/c1-9(17)19-15-12-7-3-5-11-6-4-8-13(14(11)12)16(15)20-10(2)18/h3-8,15-16H,1-2H3/t15-,16-/m0/s1. The van der Waals surface area contributed by atoms with Gasteiger partial charge in [0.05, 0.1) is 0 Å². The average molecular weight is 270 g/mol. The van der Waals surface area contributed by atoms with Crippen molar-refractivity contribution in [3.05, 3.63) is 47.5 Å². The van der Waals surface area contributed by atoms with E-state index < -0.39 is 24.1 Å². The summed E-state index contributed by atoms with van der Waals surface area (Å²) in [6.45, 7) is 2.71. The molecule has 2 aromatic rings. The summed E-state index contributed by atoms with van der Waals surface area (Å²) in [6, 6.07) is 11.6. The molecule has 1 aliphatic rings. The minimum absolute atomic E-state index is 0.392. The van der Waals surface area contributed by atoms with Gasteiger partial charge in [-0.25, -0.2) is 0 Å². The van der Waals surface area contributed by atoms with Crippen molar-refractivity contribution < 1.29 is 19.1 Å². The van der Waals surface area contributed by atoms with Crippen LogP contribution in [0, 0.1) is 0 Å². The molecule has 102 valence electrons. The van der Waals surface area contributed by atoms with E-state index in [0.717, 1.165) is 21.9 Å². The Morgan fingerprint density at radius 1 is 0.850 bits per heavy atom. The van der Waals surface area contributed by atoms with E-state index in [4.69, 9.17) is 9.47 Å². The molecule has 0 saturated heterocycles. The van der Waals surface area contributed by atoms with Gasteiger partial charge in [-0.05, 0) is 10.8 Å². The van der Waals surface area contributed by atoms with Crippen molar-refractivity contribution in [3.8, 4) is 0 Å². The van der Waals surface area contributed by atoms with Gasteiger partial charge in [0.15, 0.2) is 12.2 Å². The summed E-state index contributed by atoms with van der Waals surface area (Å²) < 4.78 is 10.8. The molecule has 4 nitrogen and oxygen atoms in total. The fourth-order valence-corrected chi connectivity index (χ4v) is 2.81. The van der Waals surface area contributed by atoms with Gasteiger partial charge in [0, 0.05) is 25.0 Å². The Morgan fingerprint density at radius 2 is 1.30 bits per heavy atom. The first-order valence-corrected chi connectivity index (χ1v) is 6.44. The molecular weight excluding hydrogens is 256 g/mol. The minimum atomic E-state index is -0.572. The maximum atomic E-state index is 11.3. The second-order valence-electron chi connectivity index (χ2n) is 4.85. The zero-order valence-corrected chi connectivity index (χ0v) is 11.3. The zero-order chi connectivity index (χ0) is 14.3. The van der Waals surface area contributed by atoms with Crippen LogP contribution in [0.2, 0.25) is 0 Å². The lowest BCUT2D eigenvalue weighted by atomic mass is 10.1. The molecule has 2 aromatic carbocycles. The molecule has 3 rings (SSSR count). The van der Waals surface area contributed by atoms with Crippen LogP contribution in [0.4, 0.5) is 0 Å².